The topological polar surface area (TPSA) is 68.0 Å². The van der Waals surface area contributed by atoms with Gasteiger partial charge in [-0.2, -0.15) is 11.8 Å². The molecule has 1 amide bonds. The monoisotopic (exact) mass is 337 g/mol. The van der Waals surface area contributed by atoms with E-state index in [0.717, 1.165) is 5.56 Å². The van der Waals surface area contributed by atoms with E-state index in [9.17, 15) is 4.79 Å². The van der Waals surface area contributed by atoms with Gasteiger partial charge in [-0.25, -0.2) is 0 Å². The summed E-state index contributed by atoms with van der Waals surface area (Å²) in [6, 6.07) is 9.85. The molecule has 22 heavy (non-hydrogen) atoms. The van der Waals surface area contributed by atoms with Gasteiger partial charge in [-0.15, -0.1) is 10.2 Å². The summed E-state index contributed by atoms with van der Waals surface area (Å²) >= 11 is 2.94. The van der Waals surface area contributed by atoms with Gasteiger partial charge in [0.05, 0.1) is 11.0 Å². The molecule has 1 aromatic heterocycles. The van der Waals surface area contributed by atoms with Crippen molar-refractivity contribution in [2.24, 2.45) is 0 Å². The van der Waals surface area contributed by atoms with Gasteiger partial charge in [-0.3, -0.25) is 4.79 Å². The van der Waals surface area contributed by atoms with Crippen molar-refractivity contribution in [3.8, 4) is 0 Å². The molecular formula is C15H19N3O2S2. The smallest absolute Gasteiger partial charge is 0.277 e. The molecule has 1 atom stereocenters. The molecule has 5 nitrogen and oxygen atoms in total. The fourth-order valence-corrected chi connectivity index (χ4v) is 3.01. The van der Waals surface area contributed by atoms with Crippen LogP contribution in [0.1, 0.15) is 24.8 Å². The molecule has 1 N–H and O–H groups in total. The minimum absolute atomic E-state index is 0.0130. The average molecular weight is 337 g/mol. The van der Waals surface area contributed by atoms with Crippen LogP contribution in [-0.2, 0) is 17.1 Å². The molecule has 0 aliphatic rings. The van der Waals surface area contributed by atoms with Crippen LogP contribution in [0.15, 0.2) is 40.0 Å². The maximum absolute atomic E-state index is 12.3. The Morgan fingerprint density at radius 1 is 1.32 bits per heavy atom. The van der Waals surface area contributed by atoms with Gasteiger partial charge in [0.2, 0.25) is 11.8 Å². The van der Waals surface area contributed by atoms with Crippen LogP contribution in [0.4, 0.5) is 0 Å². The molecule has 0 bridgehead atoms. The molecule has 0 radical (unpaired) electrons. The standard InChI is InChI=1S/C15H19N3O2S2/c1-3-12(22-15-18-17-13(20-15)10-21-2)14(19)16-9-11-7-5-4-6-8-11/h4-8,12H,3,9-10H2,1-2H3,(H,16,19). The maximum Gasteiger partial charge on any atom is 0.277 e. The summed E-state index contributed by atoms with van der Waals surface area (Å²) < 4.78 is 5.51. The number of amides is 1. The zero-order valence-electron chi connectivity index (χ0n) is 12.6. The van der Waals surface area contributed by atoms with Crippen LogP contribution in [-0.4, -0.2) is 27.6 Å². The first kappa shape index (κ1) is 16.9. The normalized spacial score (nSPS) is 12.1. The molecular weight excluding hydrogens is 318 g/mol. The number of carbonyl (C=O) groups excluding carboxylic acids is 1. The molecule has 0 saturated heterocycles. The largest absolute Gasteiger partial charge is 0.415 e. The van der Waals surface area contributed by atoms with Gasteiger partial charge in [-0.1, -0.05) is 49.0 Å². The number of hydrogen-bond donors (Lipinski definition) is 1. The maximum atomic E-state index is 12.3. The van der Waals surface area contributed by atoms with E-state index in [1.165, 1.54) is 11.8 Å². The summed E-state index contributed by atoms with van der Waals surface area (Å²) in [5.74, 6) is 1.26. The summed E-state index contributed by atoms with van der Waals surface area (Å²) in [5.41, 5.74) is 1.08. The predicted octanol–water partition coefficient (Wildman–Crippen LogP) is 3.12. The number of nitrogens with one attached hydrogen (secondary N) is 1. The van der Waals surface area contributed by atoms with Crippen molar-refractivity contribution in [3.63, 3.8) is 0 Å². The Morgan fingerprint density at radius 3 is 2.77 bits per heavy atom. The fraction of sp³-hybridized carbons (Fsp3) is 0.400. The quantitative estimate of drug-likeness (QED) is 0.747. The fourth-order valence-electron chi connectivity index (χ4n) is 1.81. The molecule has 2 aromatic rings. The Labute approximate surface area is 138 Å². The zero-order valence-corrected chi connectivity index (χ0v) is 14.2. The summed E-state index contributed by atoms with van der Waals surface area (Å²) in [6.45, 7) is 2.50. The van der Waals surface area contributed by atoms with Crippen molar-refractivity contribution in [2.75, 3.05) is 6.26 Å². The summed E-state index contributed by atoms with van der Waals surface area (Å²) in [4.78, 5) is 12.3. The van der Waals surface area contributed by atoms with E-state index in [-0.39, 0.29) is 11.2 Å². The predicted molar refractivity (Wildman–Crippen MR) is 89.7 cm³/mol. The Bertz CT molecular complexity index is 589. The number of nitrogens with zero attached hydrogens (tertiary/aromatic N) is 2. The van der Waals surface area contributed by atoms with E-state index in [4.69, 9.17) is 4.42 Å². The van der Waals surface area contributed by atoms with Gasteiger partial charge in [0, 0.05) is 6.54 Å². The Balaban J connectivity index is 1.88. The number of carbonyl (C=O) groups is 1. The summed E-state index contributed by atoms with van der Waals surface area (Å²) in [5, 5.41) is 11.1. The molecule has 7 heteroatoms. The second-order valence-corrected chi connectivity index (χ2v) is 6.63. The third-order valence-electron chi connectivity index (χ3n) is 2.93. The highest BCUT2D eigenvalue weighted by molar-refractivity contribution is 8.00. The number of aromatic nitrogens is 2. The van der Waals surface area contributed by atoms with Crippen LogP contribution in [0.5, 0.6) is 0 Å². The third-order valence-corrected chi connectivity index (χ3v) is 4.67. The van der Waals surface area contributed by atoms with Crippen molar-refractivity contribution < 1.29 is 9.21 Å². The van der Waals surface area contributed by atoms with E-state index in [1.807, 2.05) is 43.5 Å². The van der Waals surface area contributed by atoms with Crippen molar-refractivity contribution in [2.45, 2.75) is 36.1 Å². The molecule has 1 heterocycles. The van der Waals surface area contributed by atoms with E-state index in [0.29, 0.717) is 29.8 Å². The van der Waals surface area contributed by atoms with E-state index >= 15 is 0 Å². The highest BCUT2D eigenvalue weighted by Crippen LogP contribution is 2.25. The van der Waals surface area contributed by atoms with Gasteiger partial charge in [0.15, 0.2) is 0 Å². The highest BCUT2D eigenvalue weighted by atomic mass is 32.2. The first-order valence-corrected chi connectivity index (χ1v) is 9.30. The Morgan fingerprint density at radius 2 is 2.09 bits per heavy atom. The van der Waals surface area contributed by atoms with Gasteiger partial charge in [-0.05, 0) is 18.2 Å². The number of benzene rings is 1. The zero-order chi connectivity index (χ0) is 15.8. The minimum atomic E-state index is -0.230. The van der Waals surface area contributed by atoms with Crippen LogP contribution in [0.3, 0.4) is 0 Å². The SMILES string of the molecule is CCC(Sc1nnc(CSC)o1)C(=O)NCc1ccccc1. The van der Waals surface area contributed by atoms with Crippen molar-refractivity contribution >= 4 is 29.4 Å². The van der Waals surface area contributed by atoms with Gasteiger partial charge < -0.3 is 9.73 Å². The molecule has 1 aromatic carbocycles. The molecule has 1 unspecified atom stereocenters. The van der Waals surface area contributed by atoms with Crippen molar-refractivity contribution in [1.82, 2.24) is 15.5 Å². The van der Waals surface area contributed by atoms with Gasteiger partial charge in [0.1, 0.15) is 0 Å². The first-order valence-electron chi connectivity index (χ1n) is 7.02. The summed E-state index contributed by atoms with van der Waals surface area (Å²) in [7, 11) is 0. The number of thioether (sulfide) groups is 2. The lowest BCUT2D eigenvalue weighted by Crippen LogP contribution is -2.31. The van der Waals surface area contributed by atoms with Gasteiger partial charge >= 0.3 is 0 Å². The lowest BCUT2D eigenvalue weighted by Gasteiger charge is -2.12. The first-order chi connectivity index (χ1) is 10.7. The average Bonchev–Trinajstić information content (AvgIpc) is 2.99. The molecule has 118 valence electrons. The van der Waals surface area contributed by atoms with Crippen LogP contribution in [0, 0.1) is 0 Å². The molecule has 0 aliphatic heterocycles. The lowest BCUT2D eigenvalue weighted by atomic mass is 10.2. The Hall–Kier alpha value is -1.47. The van der Waals surface area contributed by atoms with Crippen LogP contribution >= 0.6 is 23.5 Å². The molecule has 0 spiro atoms. The van der Waals surface area contributed by atoms with Crippen LogP contribution < -0.4 is 5.32 Å². The molecule has 0 fully saturated rings. The second-order valence-electron chi connectivity index (χ2n) is 4.61. The molecule has 0 saturated carbocycles. The number of rotatable bonds is 8. The van der Waals surface area contributed by atoms with Gasteiger partial charge in [0.25, 0.3) is 5.22 Å². The van der Waals surface area contributed by atoms with E-state index in [2.05, 4.69) is 15.5 Å². The van der Waals surface area contributed by atoms with Crippen molar-refractivity contribution in [1.29, 1.82) is 0 Å². The van der Waals surface area contributed by atoms with Crippen LogP contribution in [0.25, 0.3) is 0 Å². The molecule has 0 aliphatic carbocycles. The lowest BCUT2D eigenvalue weighted by molar-refractivity contribution is -0.120. The van der Waals surface area contributed by atoms with Crippen LogP contribution in [0.2, 0.25) is 0 Å². The second kappa shape index (κ2) is 8.85. The van der Waals surface area contributed by atoms with Crippen molar-refractivity contribution in [3.05, 3.63) is 41.8 Å². The Kier molecular flexibility index (Phi) is 6.79. The third kappa shape index (κ3) is 5.06. The molecule has 2 rings (SSSR count). The van der Waals surface area contributed by atoms with E-state index in [1.54, 1.807) is 11.8 Å². The number of hydrogen-bond acceptors (Lipinski definition) is 6. The minimum Gasteiger partial charge on any atom is -0.415 e. The summed E-state index contributed by atoms with van der Waals surface area (Å²) in [6.07, 6.45) is 2.68. The highest BCUT2D eigenvalue weighted by Gasteiger charge is 2.20. The van der Waals surface area contributed by atoms with E-state index < -0.39 is 0 Å².